The number of halogens is 4. The summed E-state index contributed by atoms with van der Waals surface area (Å²) < 4.78 is 0. The van der Waals surface area contributed by atoms with Gasteiger partial charge in [0.05, 0.1) is 15.3 Å². The molecule has 3 aromatic carbocycles. The first-order valence-corrected chi connectivity index (χ1v) is 12.6. The molecule has 10 heteroatoms. The molecular weight excluding hydrogens is 548 g/mol. The number of nitriles is 1. The van der Waals surface area contributed by atoms with Gasteiger partial charge < -0.3 is 5.32 Å². The van der Waals surface area contributed by atoms with Crippen LogP contribution in [-0.4, -0.2) is 17.1 Å². The van der Waals surface area contributed by atoms with Crippen molar-refractivity contribution >= 4 is 81.4 Å². The highest BCUT2D eigenvalue weighted by atomic mass is 35.5. The van der Waals surface area contributed by atoms with E-state index in [0.29, 0.717) is 32.9 Å². The molecule has 0 aromatic heterocycles. The minimum absolute atomic E-state index is 0.206. The molecular formula is C25H15Cl4N3O2S. The molecule has 1 aliphatic rings. The second-order valence-corrected chi connectivity index (χ2v) is 10.3. The first-order valence-electron chi connectivity index (χ1n) is 10.2. The van der Waals surface area contributed by atoms with Gasteiger partial charge in [-0.25, -0.2) is 0 Å². The van der Waals surface area contributed by atoms with Crippen molar-refractivity contribution in [1.82, 2.24) is 0 Å². The summed E-state index contributed by atoms with van der Waals surface area (Å²) in [5, 5.41) is 13.7. The van der Waals surface area contributed by atoms with Crippen LogP contribution in [0.2, 0.25) is 20.1 Å². The van der Waals surface area contributed by atoms with Crippen LogP contribution in [0.1, 0.15) is 5.56 Å². The number of rotatable bonds is 5. The average Bonchev–Trinajstić information content (AvgIpc) is 3.14. The molecule has 4 rings (SSSR count). The molecule has 1 aliphatic heterocycles. The number of anilines is 2. The highest BCUT2D eigenvalue weighted by Gasteiger charge is 2.41. The standard InChI is InChI=1S/C25H15Cl4N3O2S/c26-15-7-6-14(20(28)11-15)10-22-24(34)32(17-4-2-1-3-5-17)25(35-22)18(13-30)23(33)31-16-8-9-19(27)21(29)12-16/h1-9,11-12,22H,10H2,(H,31,33)/b25-18-/t22-/m0/s1. The zero-order chi connectivity index (χ0) is 25.1. The van der Waals surface area contributed by atoms with Crippen molar-refractivity contribution in [2.24, 2.45) is 0 Å². The zero-order valence-corrected chi connectivity index (χ0v) is 21.6. The predicted molar refractivity (Wildman–Crippen MR) is 143 cm³/mol. The van der Waals surface area contributed by atoms with E-state index in [2.05, 4.69) is 5.32 Å². The summed E-state index contributed by atoms with van der Waals surface area (Å²) in [4.78, 5) is 28.0. The molecule has 1 saturated heterocycles. The maximum Gasteiger partial charge on any atom is 0.269 e. The first-order chi connectivity index (χ1) is 16.8. The Kier molecular flexibility index (Phi) is 7.95. The second kappa shape index (κ2) is 10.9. The van der Waals surface area contributed by atoms with Crippen LogP contribution in [0.4, 0.5) is 11.4 Å². The van der Waals surface area contributed by atoms with E-state index in [0.717, 1.165) is 17.3 Å². The molecule has 35 heavy (non-hydrogen) atoms. The predicted octanol–water partition coefficient (Wildman–Crippen LogP) is 7.37. The third-order valence-corrected chi connectivity index (χ3v) is 7.71. The van der Waals surface area contributed by atoms with Gasteiger partial charge in [0.2, 0.25) is 5.91 Å². The van der Waals surface area contributed by atoms with Crippen molar-refractivity contribution in [2.45, 2.75) is 11.7 Å². The third kappa shape index (κ3) is 5.61. The van der Waals surface area contributed by atoms with Crippen molar-refractivity contribution in [3.8, 4) is 6.07 Å². The number of para-hydroxylation sites is 1. The molecule has 0 spiro atoms. The van der Waals surface area contributed by atoms with Gasteiger partial charge in [-0.2, -0.15) is 5.26 Å². The fourth-order valence-electron chi connectivity index (χ4n) is 3.45. The van der Waals surface area contributed by atoms with Crippen LogP contribution in [-0.2, 0) is 16.0 Å². The maximum absolute atomic E-state index is 13.5. The molecule has 0 saturated carbocycles. The largest absolute Gasteiger partial charge is 0.321 e. The molecule has 3 aromatic rings. The summed E-state index contributed by atoms with van der Waals surface area (Å²) in [7, 11) is 0. The number of amides is 2. The van der Waals surface area contributed by atoms with E-state index >= 15 is 0 Å². The third-order valence-electron chi connectivity index (χ3n) is 5.12. The van der Waals surface area contributed by atoms with Crippen LogP contribution in [0.25, 0.3) is 0 Å². The topological polar surface area (TPSA) is 73.2 Å². The van der Waals surface area contributed by atoms with Crippen LogP contribution < -0.4 is 10.2 Å². The quantitative estimate of drug-likeness (QED) is 0.260. The number of hydrogen-bond acceptors (Lipinski definition) is 4. The van der Waals surface area contributed by atoms with E-state index in [-0.39, 0.29) is 21.5 Å². The number of benzene rings is 3. The molecule has 1 atom stereocenters. The summed E-state index contributed by atoms with van der Waals surface area (Å²) in [6, 6.07) is 20.5. The Morgan fingerprint density at radius 1 is 0.971 bits per heavy atom. The van der Waals surface area contributed by atoms with Gasteiger partial charge in [0.25, 0.3) is 5.91 Å². The minimum Gasteiger partial charge on any atom is -0.321 e. The summed E-state index contributed by atoms with van der Waals surface area (Å²) >= 11 is 25.5. The highest BCUT2D eigenvalue weighted by molar-refractivity contribution is 8.05. The summed E-state index contributed by atoms with van der Waals surface area (Å²) in [5.74, 6) is -0.940. The summed E-state index contributed by atoms with van der Waals surface area (Å²) in [6.07, 6.45) is 0.291. The van der Waals surface area contributed by atoms with Gasteiger partial charge in [0.1, 0.15) is 16.7 Å². The Balaban J connectivity index is 1.72. The van der Waals surface area contributed by atoms with E-state index < -0.39 is 11.2 Å². The molecule has 1 N–H and O–H groups in total. The normalized spacial score (nSPS) is 16.7. The summed E-state index contributed by atoms with van der Waals surface area (Å²) in [5.41, 5.74) is 1.43. The van der Waals surface area contributed by atoms with Crippen molar-refractivity contribution in [3.63, 3.8) is 0 Å². The van der Waals surface area contributed by atoms with Gasteiger partial charge in [-0.15, -0.1) is 0 Å². The molecule has 1 heterocycles. The highest BCUT2D eigenvalue weighted by Crippen LogP contribution is 2.42. The Bertz CT molecular complexity index is 1390. The lowest BCUT2D eigenvalue weighted by Gasteiger charge is -2.18. The molecule has 176 valence electrons. The fourth-order valence-corrected chi connectivity index (χ4v) is 5.53. The summed E-state index contributed by atoms with van der Waals surface area (Å²) in [6.45, 7) is 0. The fraction of sp³-hybridized carbons (Fsp3) is 0.0800. The SMILES string of the molecule is N#C/C(C(=O)Nc1ccc(Cl)c(Cl)c1)=C1/S[C@@H](Cc2ccc(Cl)cc2Cl)C(=O)N1c1ccccc1. The van der Waals surface area contributed by atoms with E-state index in [4.69, 9.17) is 46.4 Å². The number of carbonyl (C=O) groups excluding carboxylic acids is 2. The maximum atomic E-state index is 13.5. The van der Waals surface area contributed by atoms with Gasteiger partial charge in [-0.05, 0) is 54.4 Å². The lowest BCUT2D eigenvalue weighted by molar-refractivity contribution is -0.117. The van der Waals surface area contributed by atoms with Gasteiger partial charge in [0, 0.05) is 21.4 Å². The second-order valence-electron chi connectivity index (χ2n) is 7.43. The van der Waals surface area contributed by atoms with Crippen molar-refractivity contribution < 1.29 is 9.59 Å². The van der Waals surface area contributed by atoms with Crippen molar-refractivity contribution in [2.75, 3.05) is 10.2 Å². The van der Waals surface area contributed by atoms with E-state index in [1.54, 1.807) is 48.5 Å². The minimum atomic E-state index is -0.674. The monoisotopic (exact) mass is 561 g/mol. The molecule has 0 bridgehead atoms. The number of nitrogens with one attached hydrogen (secondary N) is 1. The number of hydrogen-bond donors (Lipinski definition) is 1. The number of thioether (sulfide) groups is 1. The van der Waals surface area contributed by atoms with Gasteiger partial charge in [-0.3, -0.25) is 14.5 Å². The molecule has 0 aliphatic carbocycles. The van der Waals surface area contributed by atoms with E-state index in [1.165, 1.54) is 17.0 Å². The first kappa shape index (κ1) is 25.4. The van der Waals surface area contributed by atoms with Crippen LogP contribution in [0.15, 0.2) is 77.3 Å². The number of carbonyl (C=O) groups is 2. The Morgan fingerprint density at radius 2 is 1.71 bits per heavy atom. The number of nitrogens with zero attached hydrogens (tertiary/aromatic N) is 2. The van der Waals surface area contributed by atoms with Crippen LogP contribution >= 0.6 is 58.2 Å². The molecule has 0 unspecified atom stereocenters. The molecule has 0 radical (unpaired) electrons. The van der Waals surface area contributed by atoms with E-state index in [1.807, 2.05) is 12.1 Å². The average molecular weight is 563 g/mol. The van der Waals surface area contributed by atoms with Crippen LogP contribution in [0.3, 0.4) is 0 Å². The smallest absolute Gasteiger partial charge is 0.269 e. The molecule has 5 nitrogen and oxygen atoms in total. The lowest BCUT2D eigenvalue weighted by atomic mass is 10.1. The van der Waals surface area contributed by atoms with Gasteiger partial charge in [0.15, 0.2) is 0 Å². The Labute approximate surface area is 226 Å². The molecule has 2 amide bonds. The van der Waals surface area contributed by atoms with Crippen molar-refractivity contribution in [1.29, 1.82) is 5.26 Å². The Hall–Kier alpha value is -2.66. The van der Waals surface area contributed by atoms with Gasteiger partial charge in [-0.1, -0.05) is 82.4 Å². The zero-order valence-electron chi connectivity index (χ0n) is 17.8. The van der Waals surface area contributed by atoms with Crippen molar-refractivity contribution in [3.05, 3.63) is 103 Å². The molecule has 1 fully saturated rings. The Morgan fingerprint density at radius 3 is 2.37 bits per heavy atom. The van der Waals surface area contributed by atoms with Gasteiger partial charge >= 0.3 is 0 Å². The lowest BCUT2D eigenvalue weighted by Crippen LogP contribution is -2.30. The van der Waals surface area contributed by atoms with E-state index in [9.17, 15) is 14.9 Å². The van der Waals surface area contributed by atoms with Crippen LogP contribution in [0.5, 0.6) is 0 Å². The van der Waals surface area contributed by atoms with Crippen LogP contribution in [0, 0.1) is 11.3 Å².